The molecule has 88 valence electrons. The van der Waals surface area contributed by atoms with Crippen LogP contribution < -0.4 is 5.32 Å². The third-order valence-corrected chi connectivity index (χ3v) is 2.18. The number of anilines is 1. The van der Waals surface area contributed by atoms with Crippen molar-refractivity contribution in [2.45, 2.75) is 19.5 Å². The molecule has 0 heterocycles. The summed E-state index contributed by atoms with van der Waals surface area (Å²) in [6, 6.07) is 7.22. The summed E-state index contributed by atoms with van der Waals surface area (Å²) in [5.74, 6) is -0.849. The standard InChI is InChI=1S/C12H18N2O2/c1-9(12(15)16)13-11-6-4-5-10(7-11)8-14(2)3/h4-7,9,13H,8H2,1-3H3,(H,15,16). The minimum Gasteiger partial charge on any atom is -0.480 e. The van der Waals surface area contributed by atoms with E-state index in [2.05, 4.69) is 10.2 Å². The van der Waals surface area contributed by atoms with Gasteiger partial charge in [-0.15, -0.1) is 0 Å². The molecule has 2 N–H and O–H groups in total. The molecule has 1 rings (SSSR count). The van der Waals surface area contributed by atoms with Crippen LogP contribution in [0, 0.1) is 0 Å². The SMILES string of the molecule is CC(Nc1cccc(CN(C)C)c1)C(=O)O. The number of nitrogens with one attached hydrogen (secondary N) is 1. The Bertz CT molecular complexity index is 364. The Hall–Kier alpha value is -1.55. The molecule has 0 radical (unpaired) electrons. The number of nitrogens with zero attached hydrogens (tertiary/aromatic N) is 1. The molecule has 16 heavy (non-hydrogen) atoms. The van der Waals surface area contributed by atoms with Crippen molar-refractivity contribution in [1.82, 2.24) is 4.90 Å². The molecule has 0 aliphatic carbocycles. The van der Waals surface area contributed by atoms with E-state index >= 15 is 0 Å². The molecule has 0 bridgehead atoms. The van der Waals surface area contributed by atoms with Gasteiger partial charge in [0.05, 0.1) is 0 Å². The zero-order valence-corrected chi connectivity index (χ0v) is 9.90. The van der Waals surface area contributed by atoms with Crippen LogP contribution >= 0.6 is 0 Å². The monoisotopic (exact) mass is 222 g/mol. The second-order valence-corrected chi connectivity index (χ2v) is 4.14. The molecule has 0 aliphatic rings. The maximum atomic E-state index is 10.7. The normalized spacial score (nSPS) is 12.5. The van der Waals surface area contributed by atoms with E-state index in [1.807, 2.05) is 38.4 Å². The lowest BCUT2D eigenvalue weighted by Crippen LogP contribution is -2.25. The van der Waals surface area contributed by atoms with Crippen LogP contribution in [0.25, 0.3) is 0 Å². The molecule has 0 saturated heterocycles. The second kappa shape index (κ2) is 5.51. The Morgan fingerprint density at radius 3 is 2.75 bits per heavy atom. The number of rotatable bonds is 5. The van der Waals surface area contributed by atoms with Crippen LogP contribution in [0.3, 0.4) is 0 Å². The van der Waals surface area contributed by atoms with Gasteiger partial charge in [0.25, 0.3) is 0 Å². The average Bonchev–Trinajstić information content (AvgIpc) is 2.16. The highest BCUT2D eigenvalue weighted by Gasteiger charge is 2.09. The Balaban J connectivity index is 2.70. The van der Waals surface area contributed by atoms with Crippen LogP contribution in [-0.4, -0.2) is 36.1 Å². The summed E-state index contributed by atoms with van der Waals surface area (Å²) in [4.78, 5) is 12.8. The Labute approximate surface area is 95.9 Å². The number of aliphatic carboxylic acids is 1. The Morgan fingerprint density at radius 1 is 1.50 bits per heavy atom. The molecule has 1 atom stereocenters. The van der Waals surface area contributed by atoms with Gasteiger partial charge in [0.1, 0.15) is 6.04 Å². The number of carboxylic acid groups (broad SMARTS) is 1. The lowest BCUT2D eigenvalue weighted by atomic mass is 10.2. The highest BCUT2D eigenvalue weighted by atomic mass is 16.4. The zero-order valence-electron chi connectivity index (χ0n) is 9.90. The second-order valence-electron chi connectivity index (χ2n) is 4.14. The highest BCUT2D eigenvalue weighted by Crippen LogP contribution is 2.12. The topological polar surface area (TPSA) is 52.6 Å². The largest absolute Gasteiger partial charge is 0.480 e. The number of carboxylic acids is 1. The number of hydrogen-bond donors (Lipinski definition) is 2. The first kappa shape index (κ1) is 12.5. The van der Waals surface area contributed by atoms with Gasteiger partial charge in [-0.25, -0.2) is 0 Å². The molecule has 0 aliphatic heterocycles. The lowest BCUT2D eigenvalue weighted by molar-refractivity contribution is -0.137. The van der Waals surface area contributed by atoms with Crippen molar-refractivity contribution in [1.29, 1.82) is 0 Å². The van der Waals surface area contributed by atoms with E-state index in [9.17, 15) is 4.79 Å². The van der Waals surface area contributed by atoms with Gasteiger partial charge in [0, 0.05) is 12.2 Å². The molecule has 4 nitrogen and oxygen atoms in total. The molecule has 4 heteroatoms. The average molecular weight is 222 g/mol. The Morgan fingerprint density at radius 2 is 2.19 bits per heavy atom. The first-order chi connectivity index (χ1) is 7.49. The summed E-state index contributed by atoms with van der Waals surface area (Å²) in [6.07, 6.45) is 0. The third-order valence-electron chi connectivity index (χ3n) is 2.18. The fourth-order valence-corrected chi connectivity index (χ4v) is 1.44. The van der Waals surface area contributed by atoms with Crippen LogP contribution in [-0.2, 0) is 11.3 Å². The smallest absolute Gasteiger partial charge is 0.325 e. The number of hydrogen-bond acceptors (Lipinski definition) is 3. The maximum Gasteiger partial charge on any atom is 0.325 e. The van der Waals surface area contributed by atoms with Gasteiger partial charge >= 0.3 is 5.97 Å². The number of carbonyl (C=O) groups is 1. The molecule has 0 aromatic heterocycles. The Kier molecular flexibility index (Phi) is 4.31. The van der Waals surface area contributed by atoms with Crippen molar-refractivity contribution in [2.24, 2.45) is 0 Å². The molecular weight excluding hydrogens is 204 g/mol. The van der Waals surface area contributed by atoms with E-state index in [1.54, 1.807) is 6.92 Å². The van der Waals surface area contributed by atoms with E-state index in [0.29, 0.717) is 0 Å². The van der Waals surface area contributed by atoms with Crippen LogP contribution in [0.2, 0.25) is 0 Å². The number of benzene rings is 1. The minimum atomic E-state index is -0.849. The summed E-state index contributed by atoms with van der Waals surface area (Å²) >= 11 is 0. The van der Waals surface area contributed by atoms with Crippen molar-refractivity contribution in [3.8, 4) is 0 Å². The minimum absolute atomic E-state index is 0.574. The van der Waals surface area contributed by atoms with Gasteiger partial charge in [-0.05, 0) is 38.7 Å². The first-order valence-corrected chi connectivity index (χ1v) is 5.22. The molecular formula is C12H18N2O2. The van der Waals surface area contributed by atoms with Crippen molar-refractivity contribution >= 4 is 11.7 Å². The third kappa shape index (κ3) is 3.90. The first-order valence-electron chi connectivity index (χ1n) is 5.22. The van der Waals surface area contributed by atoms with Crippen LogP contribution in [0.5, 0.6) is 0 Å². The van der Waals surface area contributed by atoms with E-state index < -0.39 is 12.0 Å². The lowest BCUT2D eigenvalue weighted by Gasteiger charge is -2.13. The fraction of sp³-hybridized carbons (Fsp3) is 0.417. The van der Waals surface area contributed by atoms with E-state index in [4.69, 9.17) is 5.11 Å². The zero-order chi connectivity index (χ0) is 12.1. The van der Waals surface area contributed by atoms with Crippen LogP contribution in [0.4, 0.5) is 5.69 Å². The molecule has 1 aromatic carbocycles. The van der Waals surface area contributed by atoms with Gasteiger partial charge in [-0.2, -0.15) is 0 Å². The van der Waals surface area contributed by atoms with Gasteiger partial charge in [0.15, 0.2) is 0 Å². The van der Waals surface area contributed by atoms with Gasteiger partial charge in [0.2, 0.25) is 0 Å². The van der Waals surface area contributed by atoms with Crippen molar-refractivity contribution in [3.05, 3.63) is 29.8 Å². The molecule has 1 aromatic rings. The molecule has 0 fully saturated rings. The summed E-state index contributed by atoms with van der Waals surface area (Å²) in [5.41, 5.74) is 2.00. The van der Waals surface area contributed by atoms with Crippen molar-refractivity contribution in [2.75, 3.05) is 19.4 Å². The van der Waals surface area contributed by atoms with Crippen LogP contribution in [0.15, 0.2) is 24.3 Å². The fourth-order valence-electron chi connectivity index (χ4n) is 1.44. The van der Waals surface area contributed by atoms with Crippen LogP contribution in [0.1, 0.15) is 12.5 Å². The van der Waals surface area contributed by atoms with E-state index in [1.165, 1.54) is 0 Å². The predicted molar refractivity (Wildman–Crippen MR) is 64.6 cm³/mol. The van der Waals surface area contributed by atoms with Gasteiger partial charge in [-0.3, -0.25) is 4.79 Å². The van der Waals surface area contributed by atoms with Gasteiger partial charge in [-0.1, -0.05) is 12.1 Å². The summed E-state index contributed by atoms with van der Waals surface area (Å²) in [6.45, 7) is 2.47. The van der Waals surface area contributed by atoms with E-state index in [-0.39, 0.29) is 0 Å². The van der Waals surface area contributed by atoms with E-state index in [0.717, 1.165) is 17.8 Å². The maximum absolute atomic E-state index is 10.7. The summed E-state index contributed by atoms with van der Waals surface area (Å²) < 4.78 is 0. The summed E-state index contributed by atoms with van der Waals surface area (Å²) in [5, 5.41) is 11.7. The highest BCUT2D eigenvalue weighted by molar-refractivity contribution is 5.76. The quantitative estimate of drug-likeness (QED) is 0.795. The van der Waals surface area contributed by atoms with Crippen molar-refractivity contribution < 1.29 is 9.90 Å². The molecule has 0 spiro atoms. The predicted octanol–water partition coefficient (Wildman–Crippen LogP) is 1.63. The van der Waals surface area contributed by atoms with Crippen molar-refractivity contribution in [3.63, 3.8) is 0 Å². The molecule has 0 saturated carbocycles. The van der Waals surface area contributed by atoms with Gasteiger partial charge < -0.3 is 15.3 Å². The summed E-state index contributed by atoms with van der Waals surface area (Å²) in [7, 11) is 4.00. The molecule has 0 amide bonds. The molecule has 1 unspecified atom stereocenters.